The number of Topliss-reactive ketones (excluding diaryl/α,β-unsaturated/α-hetero) is 3. The first-order valence-electron chi connectivity index (χ1n) is 42.9. The largest absolute Gasteiger partial charge is 0.416 e. The fourth-order valence-corrected chi connectivity index (χ4v) is 25.7. The number of ketones is 3. The fraction of sp³-hybridized carbons (Fsp3) is 0.489. The van der Waals surface area contributed by atoms with Gasteiger partial charge in [-0.15, -0.1) is 90.7 Å². The molecule has 1 amide bonds. The Kier molecular flexibility index (Phi) is 31.4. The van der Waals surface area contributed by atoms with Gasteiger partial charge < -0.3 is 21.3 Å². The number of fused-ring (bicyclic) bond motifs is 8. The predicted molar refractivity (Wildman–Crippen MR) is 499 cm³/mol. The molecule has 4 aromatic carbocycles. The Morgan fingerprint density at radius 1 is 0.483 bits per heavy atom. The van der Waals surface area contributed by atoms with Gasteiger partial charge in [-0.25, -0.2) is 24.3 Å². The summed E-state index contributed by atoms with van der Waals surface area (Å²) in [4.78, 5) is 83.7. The number of para-hydroxylation sites is 2. The lowest BCUT2D eigenvalue weighted by Crippen LogP contribution is -2.37. The van der Waals surface area contributed by atoms with Crippen molar-refractivity contribution in [2.75, 3.05) is 38.0 Å². The molecule has 12 heterocycles. The molecule has 0 saturated carbocycles. The molecular formula is C94H114F4N10O4S8. The predicted octanol–water partition coefficient (Wildman–Crippen LogP) is 24.8. The molecule has 0 saturated heterocycles. The van der Waals surface area contributed by atoms with Crippen LogP contribution in [-0.4, -0.2) is 103 Å². The Balaban J connectivity index is 0.000000139. The molecule has 14 nitrogen and oxygen atoms in total. The van der Waals surface area contributed by atoms with Gasteiger partial charge in [0.25, 0.3) is 0 Å². The van der Waals surface area contributed by atoms with Crippen molar-refractivity contribution in [3.8, 4) is 42.3 Å². The van der Waals surface area contributed by atoms with E-state index < -0.39 is 11.7 Å². The van der Waals surface area contributed by atoms with E-state index in [4.69, 9.17) is 15.0 Å². The molecule has 16 rings (SSSR count). The first kappa shape index (κ1) is 91.0. The topological polar surface area (TPSA) is 174 Å². The number of unbranched alkanes of at least 4 members (excludes halogenated alkanes) is 1. The Morgan fingerprint density at radius 2 is 0.900 bits per heavy atom. The maximum absolute atomic E-state index is 13.7. The van der Waals surface area contributed by atoms with Crippen molar-refractivity contribution in [3.63, 3.8) is 0 Å². The number of hydrogen-bond donors (Lipinski definition) is 4. The van der Waals surface area contributed by atoms with E-state index in [1.807, 2.05) is 29.5 Å². The van der Waals surface area contributed by atoms with E-state index in [9.17, 15) is 36.7 Å². The van der Waals surface area contributed by atoms with Crippen LogP contribution in [0.25, 0.3) is 83.2 Å². The van der Waals surface area contributed by atoms with Crippen molar-refractivity contribution >= 4 is 160 Å². The summed E-state index contributed by atoms with van der Waals surface area (Å²) < 4.78 is 57.3. The number of carbonyl (C=O) groups is 4. The second kappa shape index (κ2) is 41.4. The molecule has 8 aromatic heterocycles. The van der Waals surface area contributed by atoms with Gasteiger partial charge in [0.15, 0.2) is 0 Å². The minimum Gasteiger partial charge on any atom is -0.317 e. The van der Waals surface area contributed by atoms with Crippen LogP contribution >= 0.6 is 90.7 Å². The first-order chi connectivity index (χ1) is 57.6. The second-order valence-electron chi connectivity index (χ2n) is 33.9. The van der Waals surface area contributed by atoms with Crippen LogP contribution in [0.3, 0.4) is 0 Å². The first-order valence-corrected chi connectivity index (χ1v) is 49.4. The third-order valence-electron chi connectivity index (χ3n) is 23.1. The molecule has 2 unspecified atom stereocenters. The van der Waals surface area contributed by atoms with Gasteiger partial charge in [0, 0.05) is 171 Å². The maximum atomic E-state index is 13.7. The molecule has 0 bridgehead atoms. The number of carbonyl (C=O) groups excluding carboxylic acids is 4. The Bertz CT molecular complexity index is 5490. The van der Waals surface area contributed by atoms with E-state index in [0.717, 1.165) is 207 Å². The van der Waals surface area contributed by atoms with Crippen LogP contribution < -0.4 is 21.3 Å². The van der Waals surface area contributed by atoms with Gasteiger partial charge in [-0.1, -0.05) is 91.0 Å². The number of amides is 1. The molecular weight excluding hydrogens is 1670 g/mol. The van der Waals surface area contributed by atoms with Gasteiger partial charge in [-0.05, 0) is 195 Å². The van der Waals surface area contributed by atoms with E-state index in [1.165, 1.54) is 97.6 Å². The van der Waals surface area contributed by atoms with Gasteiger partial charge in [0.05, 0.1) is 46.4 Å². The third kappa shape index (κ3) is 23.0. The minimum absolute atomic E-state index is 0.00869. The van der Waals surface area contributed by atoms with Gasteiger partial charge in [0.2, 0.25) is 5.91 Å². The molecule has 4 aliphatic heterocycles. The SMILES string of the molecule is CC(C)N1CCc2c(sc(NC(=O)CCNC(C)(C)C)c2-c2nc3ccccc3s2)C1.CCC(C)CCCC(=O)Cc1sc2c(c1-c1nc3cc(C(F)(F)F)ccc3s1)CCNC2.CCC(C)CCCC(=O)Cc1sc2c(c1-c1nc3cc(F)ccc3s1)CCN(C(C)C)C2.CCCCC(=O)Cc1sc2c(c1-c1nc3ccccc3s1)CCNC2. The highest BCUT2D eigenvalue weighted by Gasteiger charge is 2.35. The van der Waals surface area contributed by atoms with Gasteiger partial charge in [-0.2, -0.15) is 13.2 Å². The van der Waals surface area contributed by atoms with Crippen LogP contribution in [-0.2, 0) is 96.5 Å². The number of alkyl halides is 3. The van der Waals surface area contributed by atoms with Crippen LogP contribution in [0.4, 0.5) is 22.6 Å². The van der Waals surface area contributed by atoms with Crippen molar-refractivity contribution in [3.05, 3.63) is 153 Å². The van der Waals surface area contributed by atoms with Crippen molar-refractivity contribution in [2.45, 2.75) is 255 Å². The molecule has 12 aromatic rings. The summed E-state index contributed by atoms with van der Waals surface area (Å²) in [6.45, 7) is 34.4. The molecule has 0 aliphatic carbocycles. The van der Waals surface area contributed by atoms with Crippen LogP contribution in [0.1, 0.15) is 222 Å². The number of nitrogens with one attached hydrogen (secondary N) is 4. The van der Waals surface area contributed by atoms with Crippen molar-refractivity contribution in [1.82, 2.24) is 45.7 Å². The zero-order chi connectivity index (χ0) is 85.1. The number of halogens is 4. The van der Waals surface area contributed by atoms with Gasteiger partial charge in [-0.3, -0.25) is 29.0 Å². The molecule has 120 heavy (non-hydrogen) atoms. The van der Waals surface area contributed by atoms with E-state index in [2.05, 4.69) is 156 Å². The molecule has 0 radical (unpaired) electrons. The van der Waals surface area contributed by atoms with Crippen molar-refractivity contribution < 1.29 is 36.7 Å². The summed E-state index contributed by atoms with van der Waals surface area (Å²) in [5.41, 5.74) is 12.3. The summed E-state index contributed by atoms with van der Waals surface area (Å²) >= 11 is 13.5. The quantitative estimate of drug-likeness (QED) is 0.0326. The number of aromatic nitrogens is 4. The van der Waals surface area contributed by atoms with Crippen LogP contribution in [0.2, 0.25) is 0 Å². The average molecular weight is 1780 g/mol. The van der Waals surface area contributed by atoms with E-state index in [-0.39, 0.29) is 23.0 Å². The lowest BCUT2D eigenvalue weighted by atomic mass is 9.97. The number of benzene rings is 4. The standard InChI is InChI=1S/C26H33FN2OS2.C24H27F3N2OS2.C24H32N4OS2.C20H22N2OS2/c1-5-17(4)7-6-8-19(30)14-23-25(20-11-12-29(16(2)3)15-24(20)31-23)26-28-21-13-18(27)9-10-22(21)32-26;1-3-14(2)5-4-6-16(30)12-20-22(17-9-10-28-13-21(17)31-20)23-29-18-11-15(24(25,26)27)7-8-19(18)32-23;1-15(2)28-13-11-16-19(14-28)31-23(27-20(29)10-12-25-24(3,4)5)21(16)22-26-17-8-6-7-9-18(17)30-22;1-2-3-6-13(23)11-17-19(14-9-10-21-12-18(14)24-17)20-22-15-7-4-5-8-16(15)25-20/h9-10,13,16-17H,5-8,11-12,14-15H2,1-4H3;7-8,11,14,28H,3-6,9-10,12-13H2,1-2H3;6-9,15,25H,10-14H2,1-5H3,(H,27,29);4-5,7-8,21H,2-3,6,9-12H2,1H3. The van der Waals surface area contributed by atoms with Crippen LogP contribution in [0.5, 0.6) is 0 Å². The summed E-state index contributed by atoms with van der Waals surface area (Å²) in [6.07, 6.45) is 11.6. The zero-order valence-corrected chi connectivity index (χ0v) is 77.8. The average Bonchev–Trinajstić information content (AvgIpc) is 1.63. The van der Waals surface area contributed by atoms with Gasteiger partial charge >= 0.3 is 6.18 Å². The Labute approximate surface area is 736 Å². The lowest BCUT2D eigenvalue weighted by molar-refractivity contribution is -0.137. The van der Waals surface area contributed by atoms with Crippen LogP contribution in [0, 0.1) is 17.7 Å². The summed E-state index contributed by atoms with van der Waals surface area (Å²) in [5.74, 6) is 2.00. The Hall–Kier alpha value is -6.76. The van der Waals surface area contributed by atoms with Crippen LogP contribution in [0.15, 0.2) is 84.9 Å². The van der Waals surface area contributed by atoms with E-state index in [0.29, 0.717) is 98.0 Å². The smallest absolute Gasteiger partial charge is 0.317 e. The number of thiophene rings is 4. The second-order valence-corrected chi connectivity index (χ2v) is 42.7. The van der Waals surface area contributed by atoms with Crippen molar-refractivity contribution in [1.29, 1.82) is 0 Å². The summed E-state index contributed by atoms with van der Waals surface area (Å²) in [5, 5.41) is 18.2. The number of hydrogen-bond acceptors (Lipinski definition) is 21. The summed E-state index contributed by atoms with van der Waals surface area (Å²) in [7, 11) is 0. The normalized spacial score (nSPS) is 14.9. The molecule has 0 fully saturated rings. The monoisotopic (exact) mass is 1780 g/mol. The lowest BCUT2D eigenvalue weighted by Gasteiger charge is -2.30. The highest BCUT2D eigenvalue weighted by molar-refractivity contribution is 7.24. The van der Waals surface area contributed by atoms with E-state index in [1.54, 1.807) is 68.0 Å². The molecule has 2 atom stereocenters. The van der Waals surface area contributed by atoms with Gasteiger partial charge in [0.1, 0.15) is 48.2 Å². The molecule has 0 spiro atoms. The minimum atomic E-state index is -4.39. The molecule has 26 heteroatoms. The zero-order valence-electron chi connectivity index (χ0n) is 71.3. The fourth-order valence-electron chi connectivity index (χ4n) is 15.8. The maximum Gasteiger partial charge on any atom is 0.416 e. The number of nitrogens with zero attached hydrogens (tertiary/aromatic N) is 6. The number of rotatable bonds is 29. The third-order valence-corrected chi connectivity index (χ3v) is 32.1. The van der Waals surface area contributed by atoms with Crippen molar-refractivity contribution in [2.24, 2.45) is 11.8 Å². The molecule has 4 aliphatic rings. The highest BCUT2D eigenvalue weighted by atomic mass is 32.1. The highest BCUT2D eigenvalue weighted by Crippen LogP contribution is 2.49. The molecule has 4 N–H and O–H groups in total. The summed E-state index contributed by atoms with van der Waals surface area (Å²) in [6, 6.07) is 26.1. The number of anilines is 1. The molecule has 640 valence electrons. The van der Waals surface area contributed by atoms with E-state index >= 15 is 0 Å². The number of thiazole rings is 4. The Morgan fingerprint density at radius 3 is 1.36 bits per heavy atom.